The molecule has 4 heteroatoms. The van der Waals surface area contributed by atoms with Gasteiger partial charge in [0.15, 0.2) is 16.6 Å². The molecular formula is C25H48O2Si2. The van der Waals surface area contributed by atoms with Crippen molar-refractivity contribution in [1.29, 1.82) is 0 Å². The molecule has 0 aromatic carbocycles. The first-order chi connectivity index (χ1) is 13.3. The van der Waals surface area contributed by atoms with Gasteiger partial charge < -0.3 is 8.85 Å². The van der Waals surface area contributed by atoms with Crippen molar-refractivity contribution in [3.05, 3.63) is 0 Å². The summed E-state index contributed by atoms with van der Waals surface area (Å²) in [7, 11) is -2.90. The minimum atomic E-state index is -1.47. The number of rotatable bonds is 4. The molecule has 29 heavy (non-hydrogen) atoms. The normalized spacial score (nSPS) is 48.0. The van der Waals surface area contributed by atoms with Crippen LogP contribution in [-0.4, -0.2) is 28.8 Å². The van der Waals surface area contributed by atoms with E-state index in [-0.39, 0.29) is 0 Å². The molecule has 0 N–H and O–H groups in total. The summed E-state index contributed by atoms with van der Waals surface area (Å²) in [6.45, 7) is 19.5. The van der Waals surface area contributed by atoms with Crippen molar-refractivity contribution in [3.8, 4) is 0 Å². The van der Waals surface area contributed by atoms with Gasteiger partial charge in [-0.25, -0.2) is 0 Å². The summed E-state index contributed by atoms with van der Waals surface area (Å²) in [4.78, 5) is 0. The Morgan fingerprint density at radius 1 is 0.655 bits per heavy atom. The van der Waals surface area contributed by atoms with Crippen molar-refractivity contribution >= 4 is 16.6 Å². The Hall–Kier alpha value is 0.354. The third kappa shape index (κ3) is 4.21. The minimum Gasteiger partial charge on any atom is -0.415 e. The minimum absolute atomic E-state index is 0.447. The fourth-order valence-electron chi connectivity index (χ4n) is 8.40. The van der Waals surface area contributed by atoms with E-state index in [2.05, 4.69) is 53.1 Å². The Balaban J connectivity index is 1.49. The molecule has 4 saturated carbocycles. The zero-order chi connectivity index (χ0) is 21.2. The maximum Gasteiger partial charge on any atom is 0.184 e. The van der Waals surface area contributed by atoms with Gasteiger partial charge in [0, 0.05) is 6.10 Å². The van der Waals surface area contributed by atoms with E-state index in [0.717, 1.165) is 23.7 Å². The largest absolute Gasteiger partial charge is 0.415 e. The van der Waals surface area contributed by atoms with Gasteiger partial charge in [-0.15, -0.1) is 0 Å². The first-order valence-corrected chi connectivity index (χ1v) is 19.5. The second-order valence-electron chi connectivity index (χ2n) is 13.6. The lowest BCUT2D eigenvalue weighted by Crippen LogP contribution is -2.55. The molecule has 2 nitrogen and oxygen atoms in total. The predicted octanol–water partition coefficient (Wildman–Crippen LogP) is 7.47. The molecule has 4 aliphatic carbocycles. The monoisotopic (exact) mass is 436 g/mol. The van der Waals surface area contributed by atoms with Crippen LogP contribution in [0.5, 0.6) is 0 Å². The highest BCUT2D eigenvalue weighted by atomic mass is 28.4. The van der Waals surface area contributed by atoms with E-state index in [1.807, 2.05) is 0 Å². The lowest BCUT2D eigenvalue weighted by Gasteiger charge is -2.61. The van der Waals surface area contributed by atoms with Crippen molar-refractivity contribution < 1.29 is 8.85 Å². The van der Waals surface area contributed by atoms with Crippen molar-refractivity contribution in [2.75, 3.05) is 0 Å². The van der Waals surface area contributed by atoms with Crippen LogP contribution in [0.25, 0.3) is 0 Å². The van der Waals surface area contributed by atoms with E-state index in [0.29, 0.717) is 23.0 Å². The maximum absolute atomic E-state index is 6.77. The number of fused-ring (bicyclic) bond motifs is 5. The lowest BCUT2D eigenvalue weighted by atomic mass is 9.45. The standard InChI is InChI=1S/C25H48O2Si2/c1-24-15-13-19(26-28(3,4)5)17-18(24)9-10-20-21-11-12-23(27-29(6,7)8)25(21,2)16-14-22(20)24/h18-23H,9-17H2,1-8H3. The van der Waals surface area contributed by atoms with Crippen molar-refractivity contribution in [3.63, 3.8) is 0 Å². The smallest absolute Gasteiger partial charge is 0.184 e. The highest BCUT2D eigenvalue weighted by Gasteiger charge is 2.60. The van der Waals surface area contributed by atoms with E-state index in [9.17, 15) is 0 Å². The van der Waals surface area contributed by atoms with E-state index in [1.165, 1.54) is 57.8 Å². The molecule has 0 aromatic heterocycles. The van der Waals surface area contributed by atoms with Crippen LogP contribution in [0, 0.1) is 34.5 Å². The van der Waals surface area contributed by atoms with E-state index in [1.54, 1.807) is 0 Å². The molecule has 0 aromatic rings. The quantitative estimate of drug-likeness (QED) is 0.425. The van der Waals surface area contributed by atoms with Crippen LogP contribution in [-0.2, 0) is 8.85 Å². The molecule has 8 unspecified atom stereocenters. The molecular weight excluding hydrogens is 388 g/mol. The van der Waals surface area contributed by atoms with Crippen LogP contribution in [0.15, 0.2) is 0 Å². The molecule has 0 aliphatic heterocycles. The van der Waals surface area contributed by atoms with Crippen LogP contribution >= 0.6 is 0 Å². The van der Waals surface area contributed by atoms with Crippen LogP contribution < -0.4 is 0 Å². The highest BCUT2D eigenvalue weighted by Crippen LogP contribution is 2.66. The van der Waals surface area contributed by atoms with Gasteiger partial charge in [0.25, 0.3) is 0 Å². The van der Waals surface area contributed by atoms with Gasteiger partial charge in [-0.2, -0.15) is 0 Å². The van der Waals surface area contributed by atoms with Gasteiger partial charge in [-0.3, -0.25) is 0 Å². The van der Waals surface area contributed by atoms with Crippen LogP contribution in [0.1, 0.15) is 71.6 Å². The van der Waals surface area contributed by atoms with Gasteiger partial charge in [-0.05, 0) is 132 Å². The van der Waals surface area contributed by atoms with E-state index in [4.69, 9.17) is 8.85 Å². The Morgan fingerprint density at radius 3 is 1.93 bits per heavy atom. The maximum atomic E-state index is 6.77. The lowest BCUT2D eigenvalue weighted by molar-refractivity contribution is -0.130. The van der Waals surface area contributed by atoms with Gasteiger partial charge in [-0.1, -0.05) is 13.8 Å². The molecule has 4 fully saturated rings. The SMILES string of the molecule is CC12CCC(O[Si](C)(C)C)CC1CCC1C2CCC2(C)C(O[Si](C)(C)C)CCC12. The molecule has 0 bridgehead atoms. The molecule has 0 saturated heterocycles. The number of hydrogen-bond acceptors (Lipinski definition) is 2. The molecule has 0 heterocycles. The Kier molecular flexibility index (Phi) is 5.79. The van der Waals surface area contributed by atoms with Gasteiger partial charge in [0.2, 0.25) is 0 Å². The summed E-state index contributed by atoms with van der Waals surface area (Å²) in [6.07, 6.45) is 13.7. The fraction of sp³-hybridized carbons (Fsp3) is 1.00. The zero-order valence-corrected chi connectivity index (χ0v) is 22.6. The topological polar surface area (TPSA) is 18.5 Å². The summed E-state index contributed by atoms with van der Waals surface area (Å²) in [6, 6.07) is 0. The Morgan fingerprint density at radius 2 is 1.28 bits per heavy atom. The first kappa shape index (κ1) is 22.5. The molecule has 0 amide bonds. The third-order valence-corrected chi connectivity index (χ3v) is 11.6. The molecule has 4 aliphatic rings. The average molecular weight is 437 g/mol. The van der Waals surface area contributed by atoms with Crippen LogP contribution in [0.2, 0.25) is 39.3 Å². The highest BCUT2D eigenvalue weighted by molar-refractivity contribution is 6.70. The van der Waals surface area contributed by atoms with Crippen molar-refractivity contribution in [1.82, 2.24) is 0 Å². The first-order valence-electron chi connectivity index (χ1n) is 12.7. The summed E-state index contributed by atoms with van der Waals surface area (Å²) in [5, 5.41) is 0. The van der Waals surface area contributed by atoms with Crippen molar-refractivity contribution in [2.24, 2.45) is 34.5 Å². The van der Waals surface area contributed by atoms with E-state index < -0.39 is 16.6 Å². The zero-order valence-electron chi connectivity index (χ0n) is 20.6. The molecule has 8 atom stereocenters. The molecule has 0 spiro atoms. The van der Waals surface area contributed by atoms with Gasteiger partial charge in [0.1, 0.15) is 0 Å². The summed E-state index contributed by atoms with van der Waals surface area (Å²) in [5.74, 6) is 3.73. The van der Waals surface area contributed by atoms with Crippen molar-refractivity contribution in [2.45, 2.75) is 123 Å². The fourth-order valence-corrected chi connectivity index (χ4v) is 10.9. The molecule has 168 valence electrons. The summed E-state index contributed by atoms with van der Waals surface area (Å²) in [5.41, 5.74) is 1.02. The predicted molar refractivity (Wildman–Crippen MR) is 128 cm³/mol. The average Bonchev–Trinajstić information content (AvgIpc) is 2.89. The third-order valence-electron chi connectivity index (χ3n) is 9.55. The van der Waals surface area contributed by atoms with Gasteiger partial charge in [0.05, 0.1) is 6.10 Å². The second kappa shape index (κ2) is 7.45. The van der Waals surface area contributed by atoms with Crippen LogP contribution in [0.4, 0.5) is 0 Å². The summed E-state index contributed by atoms with van der Waals surface area (Å²) >= 11 is 0. The second-order valence-corrected chi connectivity index (χ2v) is 22.5. The van der Waals surface area contributed by atoms with E-state index >= 15 is 0 Å². The Labute approximate surface area is 183 Å². The van der Waals surface area contributed by atoms with Gasteiger partial charge >= 0.3 is 0 Å². The summed E-state index contributed by atoms with van der Waals surface area (Å²) < 4.78 is 13.3. The number of hydrogen-bond donors (Lipinski definition) is 0. The molecule has 4 rings (SSSR count). The molecule has 0 radical (unpaired) electrons. The van der Waals surface area contributed by atoms with Crippen LogP contribution in [0.3, 0.4) is 0 Å². The Bertz CT molecular complexity index is 609.